The third kappa shape index (κ3) is 6.00. The van der Waals surface area contributed by atoms with Crippen LogP contribution in [-0.4, -0.2) is 25.6 Å². The van der Waals surface area contributed by atoms with Crippen molar-refractivity contribution < 1.29 is 9.53 Å². The van der Waals surface area contributed by atoms with E-state index < -0.39 is 0 Å². The Labute approximate surface area is 125 Å². The number of ether oxygens (including phenoxy) is 1. The van der Waals surface area contributed by atoms with Crippen molar-refractivity contribution in [2.75, 3.05) is 13.7 Å². The number of nitrogens with one attached hydrogen (secondary N) is 2. The van der Waals surface area contributed by atoms with Gasteiger partial charge in [-0.05, 0) is 38.0 Å². The molecule has 0 atom stereocenters. The van der Waals surface area contributed by atoms with Crippen molar-refractivity contribution in [1.82, 2.24) is 10.6 Å². The standard InChI is InChI=1S/C16H21N3O2/c1-12(2)19-16(20)14(10-17)11-18-8-7-13-5-4-6-15(9-13)21-3/h4-6,9,11-12,18H,7-8H2,1-3H3,(H,19,20)/b14-11-. The lowest BCUT2D eigenvalue weighted by Gasteiger charge is -2.08. The van der Waals surface area contributed by atoms with E-state index in [1.807, 2.05) is 44.2 Å². The fraction of sp³-hybridized carbons (Fsp3) is 0.375. The van der Waals surface area contributed by atoms with Gasteiger partial charge in [-0.1, -0.05) is 12.1 Å². The van der Waals surface area contributed by atoms with Gasteiger partial charge in [0.15, 0.2) is 0 Å². The summed E-state index contributed by atoms with van der Waals surface area (Å²) in [5.41, 5.74) is 1.20. The van der Waals surface area contributed by atoms with Crippen molar-refractivity contribution in [3.8, 4) is 11.8 Å². The summed E-state index contributed by atoms with van der Waals surface area (Å²) in [7, 11) is 1.63. The Balaban J connectivity index is 2.48. The summed E-state index contributed by atoms with van der Waals surface area (Å²) in [5.74, 6) is 0.457. The zero-order chi connectivity index (χ0) is 15.7. The number of rotatable bonds is 7. The summed E-state index contributed by atoms with van der Waals surface area (Å²) in [5, 5.41) is 14.6. The Kier molecular flexibility index (Phi) is 6.82. The first-order valence-corrected chi connectivity index (χ1v) is 6.84. The highest BCUT2D eigenvalue weighted by Gasteiger charge is 2.09. The Bertz CT molecular complexity index is 545. The van der Waals surface area contributed by atoms with Crippen molar-refractivity contribution in [2.45, 2.75) is 26.3 Å². The summed E-state index contributed by atoms with van der Waals surface area (Å²) < 4.78 is 5.16. The minimum Gasteiger partial charge on any atom is -0.497 e. The van der Waals surface area contributed by atoms with Crippen molar-refractivity contribution in [1.29, 1.82) is 5.26 Å². The molecule has 1 aromatic rings. The molecule has 21 heavy (non-hydrogen) atoms. The second-order valence-corrected chi connectivity index (χ2v) is 4.85. The molecule has 112 valence electrons. The van der Waals surface area contributed by atoms with Crippen molar-refractivity contribution in [3.05, 3.63) is 41.6 Å². The lowest BCUT2D eigenvalue weighted by Crippen LogP contribution is -2.31. The quantitative estimate of drug-likeness (QED) is 0.455. The van der Waals surface area contributed by atoms with E-state index in [9.17, 15) is 4.79 Å². The molecule has 2 N–H and O–H groups in total. The highest BCUT2D eigenvalue weighted by molar-refractivity contribution is 5.97. The number of methoxy groups -OCH3 is 1. The SMILES string of the molecule is COc1cccc(CCN/C=C(/C#N)C(=O)NC(C)C)c1. The molecule has 1 aromatic carbocycles. The normalized spacial score (nSPS) is 10.9. The molecule has 0 heterocycles. The molecule has 0 spiro atoms. The second kappa shape index (κ2) is 8.64. The maximum Gasteiger partial charge on any atom is 0.263 e. The fourth-order valence-corrected chi connectivity index (χ4v) is 1.71. The number of benzene rings is 1. The van der Waals surface area contributed by atoms with Crippen LogP contribution in [-0.2, 0) is 11.2 Å². The Morgan fingerprint density at radius 2 is 2.24 bits per heavy atom. The van der Waals surface area contributed by atoms with Gasteiger partial charge in [0, 0.05) is 18.8 Å². The topological polar surface area (TPSA) is 74.1 Å². The average molecular weight is 287 g/mol. The van der Waals surface area contributed by atoms with E-state index in [2.05, 4.69) is 10.6 Å². The van der Waals surface area contributed by atoms with Gasteiger partial charge in [0.2, 0.25) is 0 Å². The summed E-state index contributed by atoms with van der Waals surface area (Å²) in [6.07, 6.45) is 2.23. The van der Waals surface area contributed by atoms with Crippen LogP contribution >= 0.6 is 0 Å². The molecule has 1 amide bonds. The smallest absolute Gasteiger partial charge is 0.263 e. The van der Waals surface area contributed by atoms with E-state index in [0.717, 1.165) is 17.7 Å². The van der Waals surface area contributed by atoms with Gasteiger partial charge in [-0.25, -0.2) is 0 Å². The molecular weight excluding hydrogens is 266 g/mol. The van der Waals surface area contributed by atoms with Crippen LogP contribution in [0.2, 0.25) is 0 Å². The summed E-state index contributed by atoms with van der Waals surface area (Å²) >= 11 is 0. The van der Waals surface area contributed by atoms with E-state index in [-0.39, 0.29) is 17.5 Å². The van der Waals surface area contributed by atoms with Gasteiger partial charge in [-0.3, -0.25) is 4.79 Å². The van der Waals surface area contributed by atoms with Crippen LogP contribution in [0.15, 0.2) is 36.0 Å². The molecule has 0 aliphatic carbocycles. The summed E-state index contributed by atoms with van der Waals surface area (Å²) in [6.45, 7) is 4.33. The summed E-state index contributed by atoms with van der Waals surface area (Å²) in [4.78, 5) is 11.7. The molecule has 0 aliphatic rings. The zero-order valence-corrected chi connectivity index (χ0v) is 12.6. The van der Waals surface area contributed by atoms with Crippen LogP contribution in [0.4, 0.5) is 0 Å². The van der Waals surface area contributed by atoms with Crippen LogP contribution in [0.25, 0.3) is 0 Å². The molecule has 0 aliphatic heterocycles. The predicted octanol–water partition coefficient (Wildman–Crippen LogP) is 1.76. The van der Waals surface area contributed by atoms with E-state index in [0.29, 0.717) is 6.54 Å². The number of nitrogens with zero attached hydrogens (tertiary/aromatic N) is 1. The number of carbonyl (C=O) groups is 1. The third-order valence-corrected chi connectivity index (χ3v) is 2.72. The van der Waals surface area contributed by atoms with E-state index >= 15 is 0 Å². The molecule has 0 saturated heterocycles. The highest BCUT2D eigenvalue weighted by atomic mass is 16.5. The fourth-order valence-electron chi connectivity index (χ4n) is 1.71. The Hall–Kier alpha value is -2.48. The van der Waals surface area contributed by atoms with Gasteiger partial charge < -0.3 is 15.4 Å². The molecule has 5 nitrogen and oxygen atoms in total. The molecule has 0 bridgehead atoms. The van der Waals surface area contributed by atoms with Crippen molar-refractivity contribution in [3.63, 3.8) is 0 Å². The lowest BCUT2D eigenvalue weighted by atomic mass is 10.1. The molecule has 0 unspecified atom stereocenters. The van der Waals surface area contributed by atoms with Crippen LogP contribution in [0, 0.1) is 11.3 Å². The third-order valence-electron chi connectivity index (χ3n) is 2.72. The molecule has 5 heteroatoms. The number of hydrogen-bond acceptors (Lipinski definition) is 4. The first kappa shape index (κ1) is 16.6. The highest BCUT2D eigenvalue weighted by Crippen LogP contribution is 2.12. The largest absolute Gasteiger partial charge is 0.497 e. The number of hydrogen-bond donors (Lipinski definition) is 2. The lowest BCUT2D eigenvalue weighted by molar-refractivity contribution is -0.117. The maximum absolute atomic E-state index is 11.7. The van der Waals surface area contributed by atoms with E-state index in [1.165, 1.54) is 6.20 Å². The van der Waals surface area contributed by atoms with Crippen molar-refractivity contribution >= 4 is 5.91 Å². The van der Waals surface area contributed by atoms with Crippen LogP contribution in [0.3, 0.4) is 0 Å². The number of nitriles is 1. The number of carbonyl (C=O) groups excluding carboxylic acids is 1. The molecular formula is C16H21N3O2. The van der Waals surface area contributed by atoms with E-state index in [1.54, 1.807) is 7.11 Å². The molecule has 1 rings (SSSR count). The average Bonchev–Trinajstić information content (AvgIpc) is 2.46. The zero-order valence-electron chi connectivity index (χ0n) is 12.6. The maximum atomic E-state index is 11.7. The van der Waals surface area contributed by atoms with Crippen LogP contribution < -0.4 is 15.4 Å². The van der Waals surface area contributed by atoms with E-state index in [4.69, 9.17) is 10.00 Å². The summed E-state index contributed by atoms with van der Waals surface area (Å²) in [6, 6.07) is 9.68. The van der Waals surface area contributed by atoms with Gasteiger partial charge in [-0.15, -0.1) is 0 Å². The minimum absolute atomic E-state index is 0.00559. The minimum atomic E-state index is -0.360. The van der Waals surface area contributed by atoms with Gasteiger partial charge in [-0.2, -0.15) is 5.26 Å². The molecule has 0 saturated carbocycles. The first-order chi connectivity index (χ1) is 10.1. The Morgan fingerprint density at radius 3 is 2.86 bits per heavy atom. The Morgan fingerprint density at radius 1 is 1.48 bits per heavy atom. The van der Waals surface area contributed by atoms with Gasteiger partial charge in [0.05, 0.1) is 7.11 Å². The number of amides is 1. The molecule has 0 aromatic heterocycles. The van der Waals surface area contributed by atoms with Crippen LogP contribution in [0.5, 0.6) is 5.75 Å². The van der Waals surface area contributed by atoms with Gasteiger partial charge in [0.1, 0.15) is 17.4 Å². The monoisotopic (exact) mass is 287 g/mol. The van der Waals surface area contributed by atoms with Gasteiger partial charge >= 0.3 is 0 Å². The van der Waals surface area contributed by atoms with Gasteiger partial charge in [0.25, 0.3) is 5.91 Å². The molecule has 0 radical (unpaired) electrons. The van der Waals surface area contributed by atoms with Crippen molar-refractivity contribution in [2.24, 2.45) is 0 Å². The predicted molar refractivity (Wildman–Crippen MR) is 81.7 cm³/mol. The first-order valence-electron chi connectivity index (χ1n) is 6.84. The van der Waals surface area contributed by atoms with Crippen LogP contribution in [0.1, 0.15) is 19.4 Å². The second-order valence-electron chi connectivity index (χ2n) is 4.85. The molecule has 0 fully saturated rings.